The molecule has 1 aliphatic heterocycles. The number of carbonyl (C=O) groups is 1. The number of benzene rings is 1. The van der Waals surface area contributed by atoms with Crippen molar-refractivity contribution in [2.24, 2.45) is 5.73 Å². The Hall–Kier alpha value is -1.55. The molecule has 2 rings (SSSR count). The van der Waals surface area contributed by atoms with Crippen molar-refractivity contribution in [2.75, 3.05) is 13.2 Å². The second kappa shape index (κ2) is 6.40. The highest BCUT2D eigenvalue weighted by Crippen LogP contribution is 2.18. The molecular weight excluding hydrogens is 228 g/mol. The standard InChI is InChI=1S/C14H20N2O2/c15-14(17)12-7-1-2-8-13(12)18-10-4-6-11-5-3-9-16-11/h1-2,7-8,11,16H,3-6,9-10H2,(H2,15,17). The molecule has 0 aliphatic carbocycles. The number of nitrogens with two attached hydrogens (primary N) is 1. The Labute approximate surface area is 108 Å². The van der Waals surface area contributed by atoms with Crippen LogP contribution in [-0.2, 0) is 0 Å². The van der Waals surface area contributed by atoms with E-state index in [9.17, 15) is 4.79 Å². The lowest BCUT2D eigenvalue weighted by molar-refractivity contribution is 0.0996. The molecule has 1 aromatic rings. The molecule has 1 aliphatic rings. The summed E-state index contributed by atoms with van der Waals surface area (Å²) in [5.74, 6) is 0.146. The third kappa shape index (κ3) is 3.47. The zero-order valence-corrected chi connectivity index (χ0v) is 10.5. The van der Waals surface area contributed by atoms with E-state index in [1.165, 1.54) is 12.8 Å². The van der Waals surface area contributed by atoms with Crippen LogP contribution in [0, 0.1) is 0 Å². The predicted molar refractivity (Wildman–Crippen MR) is 70.7 cm³/mol. The Bertz CT molecular complexity index is 401. The van der Waals surface area contributed by atoms with Crippen LogP contribution in [0.4, 0.5) is 0 Å². The zero-order chi connectivity index (χ0) is 12.8. The lowest BCUT2D eigenvalue weighted by atomic mass is 10.1. The van der Waals surface area contributed by atoms with Crippen molar-refractivity contribution in [3.05, 3.63) is 29.8 Å². The first-order valence-electron chi connectivity index (χ1n) is 6.52. The lowest BCUT2D eigenvalue weighted by Crippen LogP contribution is -2.21. The average Bonchev–Trinajstić information content (AvgIpc) is 2.88. The highest BCUT2D eigenvalue weighted by Gasteiger charge is 2.13. The summed E-state index contributed by atoms with van der Waals surface area (Å²) in [7, 11) is 0. The molecule has 0 aromatic heterocycles. The first-order chi connectivity index (χ1) is 8.77. The van der Waals surface area contributed by atoms with E-state index in [0.29, 0.717) is 24.0 Å². The van der Waals surface area contributed by atoms with Crippen LogP contribution >= 0.6 is 0 Å². The minimum Gasteiger partial charge on any atom is -0.493 e. The van der Waals surface area contributed by atoms with Crippen molar-refractivity contribution in [3.8, 4) is 5.75 Å². The van der Waals surface area contributed by atoms with Gasteiger partial charge in [0, 0.05) is 6.04 Å². The Morgan fingerprint density at radius 3 is 3.00 bits per heavy atom. The summed E-state index contributed by atoms with van der Waals surface area (Å²) in [6.07, 6.45) is 4.65. The third-order valence-corrected chi connectivity index (χ3v) is 3.27. The Balaban J connectivity index is 1.77. The van der Waals surface area contributed by atoms with Crippen molar-refractivity contribution < 1.29 is 9.53 Å². The van der Waals surface area contributed by atoms with Gasteiger partial charge in [-0.3, -0.25) is 4.79 Å². The molecule has 4 heteroatoms. The number of primary amides is 1. The molecule has 1 aromatic carbocycles. The molecule has 1 unspecified atom stereocenters. The Morgan fingerprint density at radius 1 is 1.44 bits per heavy atom. The van der Waals surface area contributed by atoms with Gasteiger partial charge in [-0.05, 0) is 44.4 Å². The fraction of sp³-hybridized carbons (Fsp3) is 0.500. The van der Waals surface area contributed by atoms with Gasteiger partial charge in [-0.1, -0.05) is 12.1 Å². The fourth-order valence-electron chi connectivity index (χ4n) is 2.31. The molecule has 0 saturated carbocycles. The van der Waals surface area contributed by atoms with Gasteiger partial charge in [0.25, 0.3) is 5.91 Å². The van der Waals surface area contributed by atoms with Crippen LogP contribution < -0.4 is 15.8 Å². The van der Waals surface area contributed by atoms with Crippen molar-refractivity contribution >= 4 is 5.91 Å². The fourth-order valence-corrected chi connectivity index (χ4v) is 2.31. The molecular formula is C14H20N2O2. The Kier molecular flexibility index (Phi) is 4.59. The number of para-hydroxylation sites is 1. The molecule has 1 amide bonds. The summed E-state index contributed by atoms with van der Waals surface area (Å²) in [4.78, 5) is 11.2. The highest BCUT2D eigenvalue weighted by molar-refractivity contribution is 5.95. The van der Waals surface area contributed by atoms with Crippen LogP contribution in [0.3, 0.4) is 0 Å². The summed E-state index contributed by atoms with van der Waals surface area (Å²) in [5.41, 5.74) is 5.74. The average molecular weight is 248 g/mol. The first-order valence-corrected chi connectivity index (χ1v) is 6.52. The van der Waals surface area contributed by atoms with Gasteiger partial charge in [-0.25, -0.2) is 0 Å². The maximum Gasteiger partial charge on any atom is 0.252 e. The molecule has 1 atom stereocenters. The maximum absolute atomic E-state index is 11.2. The second-order valence-corrected chi connectivity index (χ2v) is 4.64. The molecule has 18 heavy (non-hydrogen) atoms. The van der Waals surface area contributed by atoms with E-state index in [2.05, 4.69) is 5.32 Å². The number of rotatable bonds is 6. The maximum atomic E-state index is 11.2. The van der Waals surface area contributed by atoms with Gasteiger partial charge >= 0.3 is 0 Å². The molecule has 0 spiro atoms. The number of nitrogens with one attached hydrogen (secondary N) is 1. The van der Waals surface area contributed by atoms with E-state index in [0.717, 1.165) is 19.4 Å². The quantitative estimate of drug-likeness (QED) is 0.753. The van der Waals surface area contributed by atoms with Gasteiger partial charge < -0.3 is 15.8 Å². The predicted octanol–water partition coefficient (Wildman–Crippen LogP) is 1.70. The van der Waals surface area contributed by atoms with Crippen LogP contribution in [0.1, 0.15) is 36.0 Å². The molecule has 4 nitrogen and oxygen atoms in total. The number of amides is 1. The van der Waals surface area contributed by atoms with Crippen molar-refractivity contribution in [2.45, 2.75) is 31.7 Å². The minimum absolute atomic E-state index is 0.442. The molecule has 1 saturated heterocycles. The van der Waals surface area contributed by atoms with Crippen molar-refractivity contribution in [3.63, 3.8) is 0 Å². The van der Waals surface area contributed by atoms with E-state index < -0.39 is 5.91 Å². The van der Waals surface area contributed by atoms with E-state index in [1.807, 2.05) is 6.07 Å². The molecule has 0 bridgehead atoms. The molecule has 3 N–H and O–H groups in total. The summed E-state index contributed by atoms with van der Waals surface area (Å²) in [5, 5.41) is 3.46. The van der Waals surface area contributed by atoms with Gasteiger partial charge in [0.15, 0.2) is 0 Å². The number of hydrogen-bond acceptors (Lipinski definition) is 3. The summed E-state index contributed by atoms with van der Waals surface area (Å²) < 4.78 is 5.63. The molecule has 0 radical (unpaired) electrons. The second-order valence-electron chi connectivity index (χ2n) is 4.64. The molecule has 98 valence electrons. The van der Waals surface area contributed by atoms with E-state index in [-0.39, 0.29) is 0 Å². The van der Waals surface area contributed by atoms with Gasteiger partial charge in [0.05, 0.1) is 12.2 Å². The zero-order valence-electron chi connectivity index (χ0n) is 10.5. The van der Waals surface area contributed by atoms with Gasteiger partial charge in [-0.2, -0.15) is 0 Å². The van der Waals surface area contributed by atoms with Crippen LogP contribution in [-0.4, -0.2) is 25.1 Å². The van der Waals surface area contributed by atoms with Crippen LogP contribution in [0.25, 0.3) is 0 Å². The summed E-state index contributed by atoms with van der Waals surface area (Å²) >= 11 is 0. The highest BCUT2D eigenvalue weighted by atomic mass is 16.5. The normalized spacial score (nSPS) is 18.8. The molecule has 1 fully saturated rings. The van der Waals surface area contributed by atoms with E-state index >= 15 is 0 Å². The van der Waals surface area contributed by atoms with Gasteiger partial charge in [-0.15, -0.1) is 0 Å². The summed E-state index contributed by atoms with van der Waals surface area (Å²) in [6.45, 7) is 1.76. The van der Waals surface area contributed by atoms with Crippen LogP contribution in [0.5, 0.6) is 5.75 Å². The monoisotopic (exact) mass is 248 g/mol. The first kappa shape index (κ1) is 12.9. The molecule has 1 heterocycles. The number of carbonyl (C=O) groups excluding carboxylic acids is 1. The Morgan fingerprint density at radius 2 is 2.28 bits per heavy atom. The smallest absolute Gasteiger partial charge is 0.252 e. The van der Waals surface area contributed by atoms with E-state index in [1.54, 1.807) is 18.2 Å². The van der Waals surface area contributed by atoms with Gasteiger partial charge in [0.2, 0.25) is 0 Å². The van der Waals surface area contributed by atoms with Crippen LogP contribution in [0.15, 0.2) is 24.3 Å². The number of ether oxygens (including phenoxy) is 1. The SMILES string of the molecule is NC(=O)c1ccccc1OCCCC1CCCN1. The topological polar surface area (TPSA) is 64.4 Å². The van der Waals surface area contributed by atoms with Crippen molar-refractivity contribution in [1.82, 2.24) is 5.32 Å². The van der Waals surface area contributed by atoms with Gasteiger partial charge in [0.1, 0.15) is 5.75 Å². The van der Waals surface area contributed by atoms with E-state index in [4.69, 9.17) is 10.5 Å². The minimum atomic E-state index is -0.442. The third-order valence-electron chi connectivity index (χ3n) is 3.27. The lowest BCUT2D eigenvalue weighted by Gasteiger charge is -2.12. The largest absolute Gasteiger partial charge is 0.493 e. The van der Waals surface area contributed by atoms with Crippen LogP contribution in [0.2, 0.25) is 0 Å². The summed E-state index contributed by atoms with van der Waals surface area (Å²) in [6, 6.07) is 7.75. The van der Waals surface area contributed by atoms with Crippen molar-refractivity contribution in [1.29, 1.82) is 0 Å². The number of hydrogen-bond donors (Lipinski definition) is 2.